The summed E-state index contributed by atoms with van der Waals surface area (Å²) in [4.78, 5) is 5.25. The van der Waals surface area contributed by atoms with Crippen LogP contribution >= 0.6 is 0 Å². The van der Waals surface area contributed by atoms with Crippen molar-refractivity contribution in [2.24, 2.45) is 17.6 Å². The van der Waals surface area contributed by atoms with Crippen molar-refractivity contribution in [1.82, 2.24) is 9.80 Å². The molecule has 1 aliphatic heterocycles. The Morgan fingerprint density at radius 1 is 1.20 bits per heavy atom. The predicted molar refractivity (Wildman–Crippen MR) is 86.9 cm³/mol. The van der Waals surface area contributed by atoms with Crippen LogP contribution in [0.3, 0.4) is 0 Å². The summed E-state index contributed by atoms with van der Waals surface area (Å²) in [6.45, 7) is 11.6. The van der Waals surface area contributed by atoms with Crippen molar-refractivity contribution in [2.45, 2.75) is 64.5 Å². The Kier molecular flexibility index (Phi) is 5.49. The van der Waals surface area contributed by atoms with E-state index in [0.29, 0.717) is 6.04 Å². The average molecular weight is 281 g/mol. The molecule has 3 nitrogen and oxygen atoms in total. The minimum absolute atomic E-state index is 0.288. The average Bonchev–Trinajstić information content (AvgIpc) is 2.59. The summed E-state index contributed by atoms with van der Waals surface area (Å²) < 4.78 is 0. The van der Waals surface area contributed by atoms with Gasteiger partial charge in [0.05, 0.1) is 0 Å². The fourth-order valence-electron chi connectivity index (χ4n) is 4.53. The van der Waals surface area contributed by atoms with E-state index in [9.17, 15) is 0 Å². The molecule has 0 spiro atoms. The third kappa shape index (κ3) is 3.37. The van der Waals surface area contributed by atoms with Gasteiger partial charge in [-0.05, 0) is 64.5 Å². The Morgan fingerprint density at radius 3 is 2.40 bits per heavy atom. The first-order valence-electron chi connectivity index (χ1n) is 8.64. The van der Waals surface area contributed by atoms with E-state index in [1.54, 1.807) is 0 Å². The molecule has 2 aliphatic rings. The maximum Gasteiger partial charge on any atom is 0.0335 e. The van der Waals surface area contributed by atoms with E-state index < -0.39 is 0 Å². The van der Waals surface area contributed by atoms with Gasteiger partial charge in [0.15, 0.2) is 0 Å². The first-order chi connectivity index (χ1) is 9.48. The quantitative estimate of drug-likeness (QED) is 0.863. The molecule has 1 aliphatic carbocycles. The second-order valence-corrected chi connectivity index (χ2v) is 7.67. The van der Waals surface area contributed by atoms with E-state index in [-0.39, 0.29) is 5.54 Å². The minimum Gasteiger partial charge on any atom is -0.329 e. The first kappa shape index (κ1) is 16.3. The van der Waals surface area contributed by atoms with Gasteiger partial charge in [0, 0.05) is 31.2 Å². The predicted octanol–water partition coefficient (Wildman–Crippen LogP) is 2.56. The summed E-state index contributed by atoms with van der Waals surface area (Å²) in [6.07, 6.45) is 6.64. The molecule has 1 heterocycles. The molecule has 1 saturated carbocycles. The van der Waals surface area contributed by atoms with Gasteiger partial charge in [-0.2, -0.15) is 0 Å². The monoisotopic (exact) mass is 281 g/mol. The van der Waals surface area contributed by atoms with E-state index in [2.05, 4.69) is 37.6 Å². The van der Waals surface area contributed by atoms with Crippen molar-refractivity contribution >= 4 is 0 Å². The standard InChI is InChI=1S/C17H35N3/c1-14(2)16-6-8-17(13-18,9-7-16)20-11-5-10-19(4)12-15(20)3/h14-16H,5-13,18H2,1-4H3. The van der Waals surface area contributed by atoms with Gasteiger partial charge in [-0.25, -0.2) is 0 Å². The maximum atomic E-state index is 6.28. The Hall–Kier alpha value is -0.120. The SMILES string of the molecule is CC(C)C1CCC(CN)(N2CCCN(C)CC2C)CC1. The Morgan fingerprint density at radius 2 is 1.85 bits per heavy atom. The molecule has 0 aromatic rings. The van der Waals surface area contributed by atoms with Gasteiger partial charge in [-0.3, -0.25) is 4.90 Å². The molecule has 0 radical (unpaired) electrons. The lowest BCUT2D eigenvalue weighted by molar-refractivity contribution is 0.00932. The van der Waals surface area contributed by atoms with Crippen LogP contribution in [0.15, 0.2) is 0 Å². The van der Waals surface area contributed by atoms with Crippen molar-refractivity contribution in [2.75, 3.05) is 33.2 Å². The van der Waals surface area contributed by atoms with Crippen molar-refractivity contribution in [3.8, 4) is 0 Å². The van der Waals surface area contributed by atoms with Crippen LogP contribution in [0, 0.1) is 11.8 Å². The van der Waals surface area contributed by atoms with Gasteiger partial charge in [0.25, 0.3) is 0 Å². The number of hydrogen-bond acceptors (Lipinski definition) is 3. The zero-order valence-corrected chi connectivity index (χ0v) is 14.1. The lowest BCUT2D eigenvalue weighted by Crippen LogP contribution is -2.59. The van der Waals surface area contributed by atoms with E-state index in [1.807, 2.05) is 0 Å². The molecule has 2 rings (SSSR count). The van der Waals surface area contributed by atoms with Crippen molar-refractivity contribution in [3.63, 3.8) is 0 Å². The molecule has 0 bridgehead atoms. The fourth-order valence-corrected chi connectivity index (χ4v) is 4.53. The molecule has 1 atom stereocenters. The van der Waals surface area contributed by atoms with Crippen LogP contribution in [-0.2, 0) is 0 Å². The molecule has 1 saturated heterocycles. The first-order valence-corrected chi connectivity index (χ1v) is 8.64. The Bertz CT molecular complexity index is 295. The summed E-state index contributed by atoms with van der Waals surface area (Å²) in [5.41, 5.74) is 6.57. The van der Waals surface area contributed by atoms with E-state index in [1.165, 1.54) is 51.7 Å². The molecule has 0 amide bonds. The van der Waals surface area contributed by atoms with Crippen LogP contribution in [0.4, 0.5) is 0 Å². The normalized spacial score (nSPS) is 38.1. The summed E-state index contributed by atoms with van der Waals surface area (Å²) in [5.74, 6) is 1.75. The highest BCUT2D eigenvalue weighted by Crippen LogP contribution is 2.40. The molecule has 2 fully saturated rings. The van der Waals surface area contributed by atoms with Gasteiger partial charge in [-0.15, -0.1) is 0 Å². The molecule has 3 heteroatoms. The van der Waals surface area contributed by atoms with E-state index in [4.69, 9.17) is 5.73 Å². The third-order valence-corrected chi connectivity index (χ3v) is 5.94. The molecular weight excluding hydrogens is 246 g/mol. The third-order valence-electron chi connectivity index (χ3n) is 5.94. The molecule has 0 aromatic heterocycles. The number of rotatable bonds is 3. The van der Waals surface area contributed by atoms with E-state index >= 15 is 0 Å². The highest BCUT2D eigenvalue weighted by Gasteiger charge is 2.42. The number of likely N-dealkylation sites (N-methyl/N-ethyl adjacent to an activating group) is 1. The topological polar surface area (TPSA) is 32.5 Å². The van der Waals surface area contributed by atoms with Gasteiger partial charge < -0.3 is 10.6 Å². The molecule has 0 aromatic carbocycles. The number of hydrogen-bond donors (Lipinski definition) is 1. The maximum absolute atomic E-state index is 6.28. The highest BCUT2D eigenvalue weighted by molar-refractivity contribution is 4.99. The van der Waals surface area contributed by atoms with Crippen LogP contribution in [0.5, 0.6) is 0 Å². The van der Waals surface area contributed by atoms with Crippen molar-refractivity contribution < 1.29 is 0 Å². The number of nitrogens with two attached hydrogens (primary N) is 1. The summed E-state index contributed by atoms with van der Waals surface area (Å²) in [7, 11) is 2.25. The van der Waals surface area contributed by atoms with Gasteiger partial charge in [-0.1, -0.05) is 13.8 Å². The fraction of sp³-hybridized carbons (Fsp3) is 1.00. The minimum atomic E-state index is 0.288. The van der Waals surface area contributed by atoms with Crippen LogP contribution in [0.25, 0.3) is 0 Å². The Balaban J connectivity index is 2.07. The molecular formula is C17H35N3. The van der Waals surface area contributed by atoms with Crippen LogP contribution < -0.4 is 5.73 Å². The summed E-state index contributed by atoms with van der Waals surface area (Å²) >= 11 is 0. The molecule has 20 heavy (non-hydrogen) atoms. The van der Waals surface area contributed by atoms with Gasteiger partial charge >= 0.3 is 0 Å². The summed E-state index contributed by atoms with van der Waals surface area (Å²) in [6, 6.07) is 0.640. The second kappa shape index (κ2) is 6.76. The molecule has 118 valence electrons. The zero-order valence-electron chi connectivity index (χ0n) is 14.1. The smallest absolute Gasteiger partial charge is 0.0335 e. The molecule has 1 unspecified atom stereocenters. The van der Waals surface area contributed by atoms with Crippen LogP contribution in [0.1, 0.15) is 52.9 Å². The highest BCUT2D eigenvalue weighted by atomic mass is 15.3. The lowest BCUT2D eigenvalue weighted by atomic mass is 9.71. The molecule has 2 N–H and O–H groups in total. The van der Waals surface area contributed by atoms with Crippen molar-refractivity contribution in [1.29, 1.82) is 0 Å². The lowest BCUT2D eigenvalue weighted by Gasteiger charge is -2.50. The van der Waals surface area contributed by atoms with Gasteiger partial charge in [0.1, 0.15) is 0 Å². The van der Waals surface area contributed by atoms with Crippen molar-refractivity contribution in [3.05, 3.63) is 0 Å². The number of nitrogens with zero attached hydrogens (tertiary/aromatic N) is 2. The van der Waals surface area contributed by atoms with Crippen LogP contribution in [0.2, 0.25) is 0 Å². The summed E-state index contributed by atoms with van der Waals surface area (Å²) in [5, 5.41) is 0. The van der Waals surface area contributed by atoms with E-state index in [0.717, 1.165) is 18.4 Å². The van der Waals surface area contributed by atoms with Crippen LogP contribution in [-0.4, -0.2) is 54.6 Å². The largest absolute Gasteiger partial charge is 0.329 e. The zero-order chi connectivity index (χ0) is 14.8. The Labute approximate surface area is 125 Å². The second-order valence-electron chi connectivity index (χ2n) is 7.67. The van der Waals surface area contributed by atoms with Gasteiger partial charge in [0.2, 0.25) is 0 Å².